The van der Waals surface area contributed by atoms with Crippen LogP contribution in [0.2, 0.25) is 0 Å². The summed E-state index contributed by atoms with van der Waals surface area (Å²) in [5, 5.41) is 18.2. The average Bonchev–Trinajstić information content (AvgIpc) is 3.85. The molecule has 0 nitrogen and oxygen atoms in total. The van der Waals surface area contributed by atoms with Crippen molar-refractivity contribution in [1.29, 1.82) is 0 Å². The smallest absolute Gasteiger partial charge is 0.0440 e. The van der Waals surface area contributed by atoms with Crippen LogP contribution in [-0.2, 0) is 0 Å². The first-order valence-corrected chi connectivity index (χ1v) is 21.5. The van der Waals surface area contributed by atoms with E-state index >= 15 is 0 Å². The van der Waals surface area contributed by atoms with E-state index in [1.165, 1.54) is 128 Å². The number of fused-ring (bicyclic) bond motifs is 12. The van der Waals surface area contributed by atoms with Crippen molar-refractivity contribution in [1.82, 2.24) is 0 Å². The Balaban J connectivity index is 1.02. The standard InChI is InChI=1S/C56H32S2/c1-3-15-39-33(12-1)14-11-22-41(39)53-44-19-7-5-17-42(44)51(43-18-6-8-20-45(43)53)37-26-24-35-31-38(27-25-34(35)30-37)52-40-16-4-2-13-36(40)32-47-55-50(58-56(47)52)29-28-49-54(55)46-21-9-10-23-48(46)57-49/h1-32H. The first-order chi connectivity index (χ1) is 28.8. The Labute approximate surface area is 342 Å². The third-order valence-electron chi connectivity index (χ3n) is 12.4. The van der Waals surface area contributed by atoms with E-state index in [-0.39, 0.29) is 0 Å². The van der Waals surface area contributed by atoms with Crippen molar-refractivity contribution in [3.05, 3.63) is 194 Å². The zero-order chi connectivity index (χ0) is 37.9. The predicted octanol–water partition coefficient (Wildman–Crippen LogP) is 17.2. The SMILES string of the molecule is c1ccc2c(-c3c4ccccc4c(-c4ccc5cc(-c6c7ccccc7cc7c6sc6ccc8sc9ccccc9c8c67)ccc5c4)c4ccccc34)cccc2c1. The van der Waals surface area contributed by atoms with E-state index in [0.717, 1.165) is 0 Å². The van der Waals surface area contributed by atoms with E-state index in [4.69, 9.17) is 0 Å². The molecule has 0 spiro atoms. The highest BCUT2D eigenvalue weighted by atomic mass is 32.1. The van der Waals surface area contributed by atoms with Gasteiger partial charge in [-0.25, -0.2) is 0 Å². The van der Waals surface area contributed by atoms with Gasteiger partial charge in [0.05, 0.1) is 0 Å². The molecule has 2 heteroatoms. The van der Waals surface area contributed by atoms with Crippen molar-refractivity contribution in [3.8, 4) is 33.4 Å². The molecule has 13 rings (SSSR count). The predicted molar refractivity (Wildman–Crippen MR) is 256 cm³/mol. The third-order valence-corrected chi connectivity index (χ3v) is 14.7. The minimum absolute atomic E-state index is 1.24. The molecular weight excluding hydrogens is 737 g/mol. The molecule has 268 valence electrons. The van der Waals surface area contributed by atoms with E-state index in [1.54, 1.807) is 0 Å². The molecule has 0 bridgehead atoms. The molecule has 0 atom stereocenters. The molecule has 0 aliphatic heterocycles. The molecule has 0 aliphatic carbocycles. The van der Waals surface area contributed by atoms with Crippen LogP contribution in [0.25, 0.3) is 128 Å². The molecule has 2 heterocycles. The van der Waals surface area contributed by atoms with Crippen molar-refractivity contribution in [2.75, 3.05) is 0 Å². The Morgan fingerprint density at radius 2 is 0.776 bits per heavy atom. The Hall–Kier alpha value is -6.84. The van der Waals surface area contributed by atoms with E-state index in [0.29, 0.717) is 0 Å². The van der Waals surface area contributed by atoms with E-state index in [2.05, 4.69) is 194 Å². The molecule has 2 aromatic heterocycles. The topological polar surface area (TPSA) is 0 Å². The number of benzene rings is 11. The second-order valence-electron chi connectivity index (χ2n) is 15.5. The average molecular weight is 769 g/mol. The first kappa shape index (κ1) is 32.3. The van der Waals surface area contributed by atoms with Gasteiger partial charge in [0.2, 0.25) is 0 Å². The molecule has 11 aromatic carbocycles. The van der Waals surface area contributed by atoms with Gasteiger partial charge in [-0.3, -0.25) is 0 Å². The lowest BCUT2D eigenvalue weighted by Gasteiger charge is -2.19. The first-order valence-electron chi connectivity index (χ1n) is 19.9. The maximum atomic E-state index is 2.44. The van der Waals surface area contributed by atoms with Crippen LogP contribution in [0.3, 0.4) is 0 Å². The number of thiophene rings is 2. The van der Waals surface area contributed by atoms with Gasteiger partial charge < -0.3 is 0 Å². The zero-order valence-corrected chi connectivity index (χ0v) is 32.9. The summed E-state index contributed by atoms with van der Waals surface area (Å²) >= 11 is 3.84. The van der Waals surface area contributed by atoms with Crippen LogP contribution in [0.4, 0.5) is 0 Å². The molecule has 0 fully saturated rings. The summed E-state index contributed by atoms with van der Waals surface area (Å²) in [6.07, 6.45) is 0. The van der Waals surface area contributed by atoms with E-state index in [9.17, 15) is 0 Å². The van der Waals surface area contributed by atoms with Crippen LogP contribution in [0.5, 0.6) is 0 Å². The van der Waals surface area contributed by atoms with Gasteiger partial charge in [0.25, 0.3) is 0 Å². The summed E-state index contributed by atoms with van der Waals surface area (Å²) < 4.78 is 5.41. The van der Waals surface area contributed by atoms with E-state index < -0.39 is 0 Å². The quantitative estimate of drug-likeness (QED) is 0.157. The van der Waals surface area contributed by atoms with Crippen LogP contribution in [0.1, 0.15) is 0 Å². The molecular formula is C56H32S2. The highest BCUT2D eigenvalue weighted by Crippen LogP contribution is 2.50. The minimum Gasteiger partial charge on any atom is -0.135 e. The van der Waals surface area contributed by atoms with Crippen molar-refractivity contribution in [2.24, 2.45) is 0 Å². The van der Waals surface area contributed by atoms with Gasteiger partial charge in [-0.05, 0) is 118 Å². The molecule has 0 saturated carbocycles. The zero-order valence-electron chi connectivity index (χ0n) is 31.3. The third kappa shape index (κ3) is 4.62. The van der Waals surface area contributed by atoms with Crippen molar-refractivity contribution >= 4 is 117 Å². The van der Waals surface area contributed by atoms with Crippen LogP contribution in [0, 0.1) is 0 Å². The summed E-state index contributed by atoms with van der Waals surface area (Å²) in [4.78, 5) is 0. The van der Waals surface area contributed by atoms with Crippen LogP contribution in [-0.4, -0.2) is 0 Å². The Morgan fingerprint density at radius 1 is 0.259 bits per heavy atom. The summed E-state index contributed by atoms with van der Waals surface area (Å²) in [5.74, 6) is 0. The fourth-order valence-corrected chi connectivity index (χ4v) is 12.3. The lowest BCUT2D eigenvalue weighted by Crippen LogP contribution is -1.91. The molecule has 58 heavy (non-hydrogen) atoms. The second kappa shape index (κ2) is 12.3. The minimum atomic E-state index is 1.24. The molecule has 0 saturated heterocycles. The highest BCUT2D eigenvalue weighted by Gasteiger charge is 2.21. The van der Waals surface area contributed by atoms with Crippen molar-refractivity contribution in [2.45, 2.75) is 0 Å². The fourth-order valence-electron chi connectivity index (χ4n) is 9.90. The molecule has 0 unspecified atom stereocenters. The summed E-state index contributed by atoms with van der Waals surface area (Å²) in [5.41, 5.74) is 7.69. The molecule has 0 aliphatic rings. The maximum Gasteiger partial charge on any atom is 0.0440 e. The van der Waals surface area contributed by atoms with Crippen molar-refractivity contribution < 1.29 is 0 Å². The van der Waals surface area contributed by atoms with Crippen molar-refractivity contribution in [3.63, 3.8) is 0 Å². The molecule has 0 amide bonds. The molecule has 0 N–H and O–H groups in total. The van der Waals surface area contributed by atoms with E-state index in [1.807, 2.05) is 22.7 Å². The lowest BCUT2D eigenvalue weighted by atomic mass is 9.84. The van der Waals surface area contributed by atoms with Crippen LogP contribution >= 0.6 is 22.7 Å². The van der Waals surface area contributed by atoms with Gasteiger partial charge in [0, 0.05) is 45.9 Å². The monoisotopic (exact) mass is 768 g/mol. The molecule has 0 radical (unpaired) electrons. The Bertz CT molecular complexity index is 3800. The number of rotatable bonds is 3. The van der Waals surface area contributed by atoms with Gasteiger partial charge in [-0.1, -0.05) is 158 Å². The largest absolute Gasteiger partial charge is 0.135 e. The summed E-state index contributed by atoms with van der Waals surface area (Å²) in [7, 11) is 0. The summed E-state index contributed by atoms with van der Waals surface area (Å²) in [6, 6.07) is 72.5. The van der Waals surface area contributed by atoms with Gasteiger partial charge in [-0.2, -0.15) is 0 Å². The van der Waals surface area contributed by atoms with Crippen LogP contribution in [0.15, 0.2) is 194 Å². The Morgan fingerprint density at radius 3 is 1.48 bits per heavy atom. The van der Waals surface area contributed by atoms with Crippen LogP contribution < -0.4 is 0 Å². The second-order valence-corrected chi connectivity index (χ2v) is 17.6. The fraction of sp³-hybridized carbons (Fsp3) is 0. The number of hydrogen-bond acceptors (Lipinski definition) is 2. The van der Waals surface area contributed by atoms with Gasteiger partial charge >= 0.3 is 0 Å². The molecule has 13 aromatic rings. The highest BCUT2D eigenvalue weighted by molar-refractivity contribution is 7.28. The number of hydrogen-bond donors (Lipinski definition) is 0. The van der Waals surface area contributed by atoms with Gasteiger partial charge in [0.1, 0.15) is 0 Å². The van der Waals surface area contributed by atoms with Gasteiger partial charge in [-0.15, -0.1) is 22.7 Å². The maximum absolute atomic E-state index is 2.44. The van der Waals surface area contributed by atoms with Gasteiger partial charge in [0.15, 0.2) is 0 Å². The normalized spacial score (nSPS) is 12.1. The Kier molecular flexibility index (Phi) is 6.86. The lowest BCUT2D eigenvalue weighted by molar-refractivity contribution is 1.68. The summed E-state index contributed by atoms with van der Waals surface area (Å²) in [6.45, 7) is 0.